The standard InChI is InChI=1S/C18H21N3O3/c1-13(2)12-24-16-5-4-14(10-17(16)23-3)11-20-21-18(22)15-6-8-19-9-7-15/h4-11,13H,12H2,1-3H3,(H,21,22)/b20-11-. The average molecular weight is 327 g/mol. The molecule has 0 radical (unpaired) electrons. The van der Waals surface area contributed by atoms with Crippen LogP contribution in [0, 0.1) is 5.92 Å². The predicted molar refractivity (Wildman–Crippen MR) is 92.6 cm³/mol. The van der Waals surface area contributed by atoms with E-state index >= 15 is 0 Å². The second-order valence-electron chi connectivity index (χ2n) is 5.55. The molecule has 126 valence electrons. The predicted octanol–water partition coefficient (Wildman–Crippen LogP) is 2.89. The van der Waals surface area contributed by atoms with E-state index in [1.807, 2.05) is 12.1 Å². The van der Waals surface area contributed by atoms with Crippen molar-refractivity contribution in [1.29, 1.82) is 0 Å². The van der Waals surface area contributed by atoms with Crippen LogP contribution in [0.3, 0.4) is 0 Å². The summed E-state index contributed by atoms with van der Waals surface area (Å²) < 4.78 is 11.0. The van der Waals surface area contributed by atoms with Crippen molar-refractivity contribution in [3.63, 3.8) is 0 Å². The molecule has 1 heterocycles. The van der Waals surface area contributed by atoms with Gasteiger partial charge < -0.3 is 9.47 Å². The highest BCUT2D eigenvalue weighted by Crippen LogP contribution is 2.27. The van der Waals surface area contributed by atoms with Gasteiger partial charge in [-0.15, -0.1) is 0 Å². The molecule has 0 saturated carbocycles. The average Bonchev–Trinajstić information content (AvgIpc) is 2.61. The van der Waals surface area contributed by atoms with Crippen LogP contribution in [0.1, 0.15) is 29.8 Å². The van der Waals surface area contributed by atoms with Crippen molar-refractivity contribution in [2.75, 3.05) is 13.7 Å². The van der Waals surface area contributed by atoms with Crippen molar-refractivity contribution in [2.45, 2.75) is 13.8 Å². The highest BCUT2D eigenvalue weighted by molar-refractivity contribution is 5.94. The number of hydrazone groups is 1. The summed E-state index contributed by atoms with van der Waals surface area (Å²) in [4.78, 5) is 15.7. The summed E-state index contributed by atoms with van der Waals surface area (Å²) in [5, 5.41) is 3.96. The summed E-state index contributed by atoms with van der Waals surface area (Å²) in [6, 6.07) is 8.72. The third kappa shape index (κ3) is 5.08. The Morgan fingerprint density at radius 2 is 2.00 bits per heavy atom. The SMILES string of the molecule is COc1cc(/C=N\NC(=O)c2ccncc2)ccc1OCC(C)C. The molecule has 1 N–H and O–H groups in total. The van der Waals surface area contributed by atoms with Crippen molar-refractivity contribution in [3.05, 3.63) is 53.9 Å². The Bertz CT molecular complexity index is 700. The van der Waals surface area contributed by atoms with E-state index in [0.29, 0.717) is 29.6 Å². The fourth-order valence-electron chi connectivity index (χ4n) is 1.87. The van der Waals surface area contributed by atoms with Gasteiger partial charge in [-0.25, -0.2) is 5.43 Å². The number of rotatable bonds is 7. The zero-order valence-corrected chi connectivity index (χ0v) is 14.0. The molecule has 2 rings (SSSR count). The third-order valence-electron chi connectivity index (χ3n) is 3.08. The van der Waals surface area contributed by atoms with Crippen molar-refractivity contribution >= 4 is 12.1 Å². The van der Waals surface area contributed by atoms with Crippen molar-refractivity contribution in [1.82, 2.24) is 10.4 Å². The summed E-state index contributed by atoms with van der Waals surface area (Å²) >= 11 is 0. The van der Waals surface area contributed by atoms with Gasteiger partial charge in [0.15, 0.2) is 11.5 Å². The topological polar surface area (TPSA) is 72.8 Å². The van der Waals surface area contributed by atoms with Crippen molar-refractivity contribution in [3.8, 4) is 11.5 Å². The van der Waals surface area contributed by atoms with Crippen LogP contribution in [0.15, 0.2) is 47.8 Å². The molecule has 1 aromatic carbocycles. The lowest BCUT2D eigenvalue weighted by Gasteiger charge is -2.12. The van der Waals surface area contributed by atoms with Crippen LogP contribution in [-0.2, 0) is 0 Å². The summed E-state index contributed by atoms with van der Waals surface area (Å²) in [5.74, 6) is 1.45. The maximum atomic E-state index is 11.9. The Balaban J connectivity index is 2.00. The Hall–Kier alpha value is -2.89. The van der Waals surface area contributed by atoms with Gasteiger partial charge in [-0.2, -0.15) is 5.10 Å². The van der Waals surface area contributed by atoms with Crippen molar-refractivity contribution < 1.29 is 14.3 Å². The first-order valence-electron chi connectivity index (χ1n) is 7.64. The summed E-state index contributed by atoms with van der Waals surface area (Å²) in [6.07, 6.45) is 4.66. The number of aromatic nitrogens is 1. The maximum absolute atomic E-state index is 11.9. The van der Waals surface area contributed by atoms with Gasteiger partial charge in [-0.1, -0.05) is 13.8 Å². The Kier molecular flexibility index (Phi) is 6.31. The lowest BCUT2D eigenvalue weighted by Crippen LogP contribution is -2.17. The Morgan fingerprint density at radius 1 is 1.25 bits per heavy atom. The van der Waals surface area contributed by atoms with E-state index in [1.165, 1.54) is 0 Å². The molecule has 6 nitrogen and oxygen atoms in total. The number of nitrogens with one attached hydrogen (secondary N) is 1. The highest BCUT2D eigenvalue weighted by atomic mass is 16.5. The van der Waals surface area contributed by atoms with E-state index in [2.05, 4.69) is 29.4 Å². The molecule has 2 aromatic rings. The monoisotopic (exact) mass is 327 g/mol. The quantitative estimate of drug-likeness (QED) is 0.627. The van der Waals surface area contributed by atoms with Gasteiger partial charge in [0.25, 0.3) is 5.91 Å². The highest BCUT2D eigenvalue weighted by Gasteiger charge is 2.06. The van der Waals surface area contributed by atoms with Crippen LogP contribution in [0.4, 0.5) is 0 Å². The molecule has 0 aliphatic carbocycles. The lowest BCUT2D eigenvalue weighted by molar-refractivity contribution is 0.0955. The normalized spacial score (nSPS) is 10.8. The van der Waals surface area contributed by atoms with E-state index in [1.54, 1.807) is 43.9 Å². The van der Waals surface area contributed by atoms with Crippen LogP contribution < -0.4 is 14.9 Å². The number of benzene rings is 1. The van der Waals surface area contributed by atoms with Crippen LogP contribution in [0.5, 0.6) is 11.5 Å². The number of hydrogen-bond acceptors (Lipinski definition) is 5. The summed E-state index contributed by atoms with van der Waals surface area (Å²) in [6.45, 7) is 4.78. The van der Waals surface area contributed by atoms with E-state index in [9.17, 15) is 4.79 Å². The molecular formula is C18H21N3O3. The molecule has 0 fully saturated rings. The lowest BCUT2D eigenvalue weighted by atomic mass is 10.2. The van der Waals surface area contributed by atoms with Gasteiger partial charge in [0.05, 0.1) is 19.9 Å². The molecule has 6 heteroatoms. The number of carbonyl (C=O) groups is 1. The fourth-order valence-corrected chi connectivity index (χ4v) is 1.87. The van der Waals surface area contributed by atoms with Gasteiger partial charge >= 0.3 is 0 Å². The molecule has 0 aliphatic heterocycles. The number of carbonyl (C=O) groups excluding carboxylic acids is 1. The van der Waals surface area contributed by atoms with E-state index in [4.69, 9.17) is 9.47 Å². The first-order chi connectivity index (χ1) is 11.6. The Labute approximate surface area is 141 Å². The minimum atomic E-state index is -0.294. The smallest absolute Gasteiger partial charge is 0.271 e. The van der Waals surface area contributed by atoms with Gasteiger partial charge in [0.2, 0.25) is 0 Å². The first kappa shape index (κ1) is 17.5. The maximum Gasteiger partial charge on any atom is 0.271 e. The molecule has 24 heavy (non-hydrogen) atoms. The zero-order chi connectivity index (χ0) is 17.4. The van der Waals surface area contributed by atoms with Crippen LogP contribution in [-0.4, -0.2) is 30.8 Å². The van der Waals surface area contributed by atoms with Gasteiger partial charge in [-0.05, 0) is 41.8 Å². The van der Waals surface area contributed by atoms with Gasteiger partial charge in [0, 0.05) is 18.0 Å². The minimum Gasteiger partial charge on any atom is -0.493 e. The van der Waals surface area contributed by atoms with Gasteiger partial charge in [0.1, 0.15) is 0 Å². The molecule has 0 bridgehead atoms. The first-order valence-corrected chi connectivity index (χ1v) is 7.64. The minimum absolute atomic E-state index is 0.294. The third-order valence-corrected chi connectivity index (χ3v) is 3.08. The number of ether oxygens (including phenoxy) is 2. The number of methoxy groups -OCH3 is 1. The number of pyridine rings is 1. The van der Waals surface area contributed by atoms with E-state index in [-0.39, 0.29) is 5.91 Å². The van der Waals surface area contributed by atoms with Crippen LogP contribution >= 0.6 is 0 Å². The molecular weight excluding hydrogens is 306 g/mol. The molecule has 0 spiro atoms. The van der Waals surface area contributed by atoms with Gasteiger partial charge in [-0.3, -0.25) is 9.78 Å². The Morgan fingerprint density at radius 3 is 2.67 bits per heavy atom. The molecule has 0 unspecified atom stereocenters. The zero-order valence-electron chi connectivity index (χ0n) is 14.0. The molecule has 0 atom stereocenters. The summed E-state index contributed by atoms with van der Waals surface area (Å²) in [7, 11) is 1.59. The number of hydrogen-bond donors (Lipinski definition) is 1. The van der Waals surface area contributed by atoms with E-state index in [0.717, 1.165) is 5.56 Å². The second kappa shape index (κ2) is 8.67. The largest absolute Gasteiger partial charge is 0.493 e. The van der Waals surface area contributed by atoms with Crippen molar-refractivity contribution in [2.24, 2.45) is 11.0 Å². The second-order valence-corrected chi connectivity index (χ2v) is 5.55. The fraction of sp³-hybridized carbons (Fsp3) is 0.278. The van der Waals surface area contributed by atoms with E-state index < -0.39 is 0 Å². The molecule has 0 saturated heterocycles. The number of amides is 1. The van der Waals surface area contributed by atoms with Crippen LogP contribution in [0.25, 0.3) is 0 Å². The van der Waals surface area contributed by atoms with Crippen LogP contribution in [0.2, 0.25) is 0 Å². The molecule has 1 amide bonds. The number of nitrogens with zero attached hydrogens (tertiary/aromatic N) is 2. The molecule has 1 aromatic heterocycles. The summed E-state index contributed by atoms with van der Waals surface area (Å²) in [5.41, 5.74) is 3.76. The molecule has 0 aliphatic rings.